The van der Waals surface area contributed by atoms with Gasteiger partial charge in [0.1, 0.15) is 6.17 Å². The van der Waals surface area contributed by atoms with Gasteiger partial charge in [-0.25, -0.2) is 9.07 Å². The topological polar surface area (TPSA) is 83.4 Å². The van der Waals surface area contributed by atoms with Gasteiger partial charge >= 0.3 is 0 Å². The fourth-order valence-electron chi connectivity index (χ4n) is 4.49. The Morgan fingerprint density at radius 3 is 2.59 bits per heavy atom. The lowest BCUT2D eigenvalue weighted by Crippen LogP contribution is -2.44. The number of carbonyl (C=O) groups excluding carboxylic acids is 2. The Morgan fingerprint density at radius 2 is 1.84 bits per heavy atom. The van der Waals surface area contributed by atoms with Gasteiger partial charge in [0.15, 0.2) is 5.69 Å². The second kappa shape index (κ2) is 10.7. The van der Waals surface area contributed by atoms with Crippen molar-refractivity contribution in [1.82, 2.24) is 30.1 Å². The molecule has 0 bridgehead atoms. The van der Waals surface area contributed by atoms with Crippen molar-refractivity contribution in [2.45, 2.75) is 57.4 Å². The molecule has 0 saturated carbocycles. The van der Waals surface area contributed by atoms with E-state index in [1.807, 2.05) is 30.3 Å². The van der Waals surface area contributed by atoms with E-state index in [1.165, 1.54) is 17.5 Å². The van der Waals surface area contributed by atoms with Crippen LogP contribution in [0.3, 0.4) is 0 Å². The normalized spacial score (nSPS) is 22.0. The number of hydrogen-bond donors (Lipinski definition) is 1. The van der Waals surface area contributed by atoms with E-state index in [0.717, 1.165) is 31.5 Å². The molecule has 2 aliphatic heterocycles. The van der Waals surface area contributed by atoms with Crippen molar-refractivity contribution < 1.29 is 14.0 Å². The Labute approximate surface area is 187 Å². The molecule has 2 aromatic rings. The average Bonchev–Trinajstić information content (AvgIpc) is 3.32. The molecule has 1 N–H and O–H groups in total. The van der Waals surface area contributed by atoms with E-state index in [1.54, 1.807) is 11.1 Å². The first kappa shape index (κ1) is 22.4. The summed E-state index contributed by atoms with van der Waals surface area (Å²) in [6, 6.07) is 9.33. The van der Waals surface area contributed by atoms with Crippen molar-refractivity contribution in [3.63, 3.8) is 0 Å². The molecule has 2 aliphatic rings. The highest BCUT2D eigenvalue weighted by Crippen LogP contribution is 2.22. The van der Waals surface area contributed by atoms with E-state index in [2.05, 4.69) is 20.5 Å². The largest absolute Gasteiger partial charge is 0.347 e. The molecule has 2 atom stereocenters. The zero-order chi connectivity index (χ0) is 22.3. The van der Waals surface area contributed by atoms with Crippen LogP contribution in [-0.4, -0.2) is 75.0 Å². The number of alkyl halides is 1. The van der Waals surface area contributed by atoms with Crippen LogP contribution in [-0.2, 0) is 17.9 Å². The number of likely N-dealkylation sites (tertiary alicyclic amines) is 2. The Kier molecular flexibility index (Phi) is 7.47. The number of carbonyl (C=O) groups is 2. The summed E-state index contributed by atoms with van der Waals surface area (Å²) < 4.78 is 15.7. The molecule has 0 radical (unpaired) electrons. The summed E-state index contributed by atoms with van der Waals surface area (Å²) in [6.07, 6.45) is 5.43. The molecule has 2 amide bonds. The quantitative estimate of drug-likeness (QED) is 0.709. The molecule has 9 heteroatoms. The van der Waals surface area contributed by atoms with E-state index in [9.17, 15) is 14.0 Å². The summed E-state index contributed by atoms with van der Waals surface area (Å²) in [6.45, 7) is 3.04. The highest BCUT2D eigenvalue weighted by Gasteiger charge is 2.36. The number of rotatable bonds is 7. The Morgan fingerprint density at radius 1 is 1.09 bits per heavy atom. The number of benzene rings is 1. The molecule has 2 saturated heterocycles. The molecular formula is C23H31FN6O2. The van der Waals surface area contributed by atoms with Crippen molar-refractivity contribution in [2.75, 3.05) is 26.2 Å². The fourth-order valence-corrected chi connectivity index (χ4v) is 4.49. The van der Waals surface area contributed by atoms with Crippen LogP contribution in [0.2, 0.25) is 0 Å². The lowest BCUT2D eigenvalue weighted by atomic mass is 10.2. The zero-order valence-corrected chi connectivity index (χ0v) is 18.3. The standard InChI is InChI=1S/C23H31FN6O2/c24-19-12-20(30(14-19)22(31)17-28-10-6-1-2-7-11-28)15-29-16-21(26-27-29)23(32)25-13-18-8-4-3-5-9-18/h3-5,8-9,16,19-20H,1-2,6-7,10-15,17H2,(H,25,32)/t19-,20-/m0/s1. The van der Waals surface area contributed by atoms with Crippen LogP contribution in [0, 0.1) is 0 Å². The predicted octanol–water partition coefficient (Wildman–Crippen LogP) is 2.02. The molecular weight excluding hydrogens is 411 g/mol. The average molecular weight is 443 g/mol. The van der Waals surface area contributed by atoms with Gasteiger partial charge in [-0.1, -0.05) is 48.4 Å². The van der Waals surface area contributed by atoms with Gasteiger partial charge in [0.25, 0.3) is 5.91 Å². The number of hydrogen-bond acceptors (Lipinski definition) is 5. The Hall–Kier alpha value is -2.81. The summed E-state index contributed by atoms with van der Waals surface area (Å²) in [4.78, 5) is 29.1. The molecule has 0 aliphatic carbocycles. The van der Waals surface area contributed by atoms with Crippen LogP contribution in [0.1, 0.15) is 48.2 Å². The molecule has 8 nitrogen and oxygen atoms in total. The molecule has 1 aromatic heterocycles. The van der Waals surface area contributed by atoms with E-state index in [4.69, 9.17) is 0 Å². The van der Waals surface area contributed by atoms with Crippen molar-refractivity contribution in [2.24, 2.45) is 0 Å². The van der Waals surface area contributed by atoms with Gasteiger partial charge in [0.05, 0.1) is 31.9 Å². The minimum absolute atomic E-state index is 0.0296. The Balaban J connectivity index is 1.32. The van der Waals surface area contributed by atoms with E-state index in [0.29, 0.717) is 19.6 Å². The van der Waals surface area contributed by atoms with Gasteiger partial charge in [0, 0.05) is 13.0 Å². The SMILES string of the molecule is O=C(NCc1ccccc1)c1cn(C[C@@H]2C[C@H](F)CN2C(=O)CN2CCCCCC2)nn1. The van der Waals surface area contributed by atoms with Crippen molar-refractivity contribution in [3.8, 4) is 0 Å². The van der Waals surface area contributed by atoms with Crippen LogP contribution in [0.25, 0.3) is 0 Å². The van der Waals surface area contributed by atoms with Crippen LogP contribution in [0.5, 0.6) is 0 Å². The molecule has 1 aromatic carbocycles. The predicted molar refractivity (Wildman–Crippen MR) is 118 cm³/mol. The Bertz CT molecular complexity index is 897. The molecule has 32 heavy (non-hydrogen) atoms. The van der Waals surface area contributed by atoms with Crippen LogP contribution in [0.15, 0.2) is 36.5 Å². The molecule has 2 fully saturated rings. The van der Waals surface area contributed by atoms with Crippen molar-refractivity contribution in [3.05, 3.63) is 47.8 Å². The molecule has 3 heterocycles. The van der Waals surface area contributed by atoms with Gasteiger partial charge < -0.3 is 10.2 Å². The second-order valence-corrected chi connectivity index (χ2v) is 8.72. The third kappa shape index (κ3) is 5.91. The maximum atomic E-state index is 14.2. The van der Waals surface area contributed by atoms with Crippen LogP contribution in [0.4, 0.5) is 4.39 Å². The minimum atomic E-state index is -1.04. The summed E-state index contributed by atoms with van der Waals surface area (Å²) in [5.41, 5.74) is 1.20. The molecule has 0 unspecified atom stereocenters. The smallest absolute Gasteiger partial charge is 0.273 e. The fraction of sp³-hybridized carbons (Fsp3) is 0.565. The van der Waals surface area contributed by atoms with Gasteiger partial charge in [-0.15, -0.1) is 5.10 Å². The van der Waals surface area contributed by atoms with Gasteiger partial charge in [-0.3, -0.25) is 14.5 Å². The lowest BCUT2D eigenvalue weighted by Gasteiger charge is -2.27. The van der Waals surface area contributed by atoms with E-state index >= 15 is 0 Å². The van der Waals surface area contributed by atoms with Gasteiger partial charge in [-0.05, 0) is 31.5 Å². The number of nitrogens with one attached hydrogen (secondary N) is 1. The summed E-state index contributed by atoms with van der Waals surface area (Å²) in [5.74, 6) is -0.345. The first-order valence-corrected chi connectivity index (χ1v) is 11.5. The van der Waals surface area contributed by atoms with E-state index in [-0.39, 0.29) is 36.5 Å². The van der Waals surface area contributed by atoms with Crippen molar-refractivity contribution in [1.29, 1.82) is 0 Å². The summed E-state index contributed by atoms with van der Waals surface area (Å²) in [5, 5.41) is 10.8. The number of aromatic nitrogens is 3. The monoisotopic (exact) mass is 442 g/mol. The highest BCUT2D eigenvalue weighted by molar-refractivity contribution is 5.91. The minimum Gasteiger partial charge on any atom is -0.347 e. The summed E-state index contributed by atoms with van der Waals surface area (Å²) in [7, 11) is 0. The number of nitrogens with zero attached hydrogens (tertiary/aromatic N) is 5. The van der Waals surface area contributed by atoms with Gasteiger partial charge in [-0.2, -0.15) is 0 Å². The van der Waals surface area contributed by atoms with Crippen molar-refractivity contribution >= 4 is 11.8 Å². The van der Waals surface area contributed by atoms with Crippen LogP contribution < -0.4 is 5.32 Å². The highest BCUT2D eigenvalue weighted by atomic mass is 19.1. The number of amides is 2. The maximum absolute atomic E-state index is 14.2. The van der Waals surface area contributed by atoms with Gasteiger partial charge in [0.2, 0.25) is 5.91 Å². The second-order valence-electron chi connectivity index (χ2n) is 8.72. The molecule has 172 valence electrons. The lowest BCUT2D eigenvalue weighted by molar-refractivity contribution is -0.133. The third-order valence-electron chi connectivity index (χ3n) is 6.21. The maximum Gasteiger partial charge on any atom is 0.273 e. The number of halogens is 1. The summed E-state index contributed by atoms with van der Waals surface area (Å²) >= 11 is 0. The third-order valence-corrected chi connectivity index (χ3v) is 6.21. The first-order chi connectivity index (χ1) is 15.6. The molecule has 0 spiro atoms. The molecule has 4 rings (SSSR count). The zero-order valence-electron chi connectivity index (χ0n) is 18.3. The first-order valence-electron chi connectivity index (χ1n) is 11.5. The van der Waals surface area contributed by atoms with Crippen LogP contribution >= 0.6 is 0 Å². The van der Waals surface area contributed by atoms with E-state index < -0.39 is 6.17 Å².